The lowest BCUT2D eigenvalue weighted by atomic mass is 9.87. The molecule has 1 aromatic carbocycles. The molecule has 0 fully saturated rings. The molecule has 1 aliphatic heterocycles. The lowest BCUT2D eigenvalue weighted by Gasteiger charge is -2.18. The minimum atomic E-state index is 1.13. The van der Waals surface area contributed by atoms with E-state index in [1.807, 2.05) is 0 Å². The molecule has 82 valence electrons. The van der Waals surface area contributed by atoms with Crippen molar-refractivity contribution in [3.8, 4) is 0 Å². The number of fused-ring (bicyclic) bond motifs is 1. The van der Waals surface area contributed by atoms with E-state index in [-0.39, 0.29) is 0 Å². The fourth-order valence-corrected chi connectivity index (χ4v) is 2.70. The van der Waals surface area contributed by atoms with E-state index >= 15 is 0 Å². The van der Waals surface area contributed by atoms with Gasteiger partial charge in [-0.15, -0.1) is 0 Å². The maximum atomic E-state index is 3.49. The zero-order valence-electron chi connectivity index (χ0n) is 10.3. The van der Waals surface area contributed by atoms with Gasteiger partial charge in [0, 0.05) is 0 Å². The van der Waals surface area contributed by atoms with Crippen LogP contribution in [0.25, 0.3) is 0 Å². The second kappa shape index (κ2) is 3.97. The van der Waals surface area contributed by atoms with Gasteiger partial charge in [-0.3, -0.25) is 0 Å². The molecule has 1 heteroatoms. The van der Waals surface area contributed by atoms with E-state index < -0.39 is 0 Å². The highest BCUT2D eigenvalue weighted by molar-refractivity contribution is 5.50. The average molecular weight is 203 g/mol. The van der Waals surface area contributed by atoms with Crippen LogP contribution in [0, 0.1) is 27.7 Å². The van der Waals surface area contributed by atoms with E-state index in [1.54, 1.807) is 11.1 Å². The first-order valence-corrected chi connectivity index (χ1v) is 5.91. The second-order valence-corrected chi connectivity index (χ2v) is 4.71. The van der Waals surface area contributed by atoms with Crippen LogP contribution in [0.3, 0.4) is 0 Å². The molecule has 0 bridgehead atoms. The molecular formula is C14H21N. The number of rotatable bonds is 0. The van der Waals surface area contributed by atoms with E-state index in [4.69, 9.17) is 0 Å². The molecule has 1 N–H and O–H groups in total. The summed E-state index contributed by atoms with van der Waals surface area (Å²) in [4.78, 5) is 0. The van der Waals surface area contributed by atoms with Crippen LogP contribution in [0.4, 0.5) is 0 Å². The van der Waals surface area contributed by atoms with Gasteiger partial charge in [0.05, 0.1) is 0 Å². The molecule has 0 radical (unpaired) electrons. The lowest BCUT2D eigenvalue weighted by molar-refractivity contribution is 0.710. The zero-order valence-corrected chi connectivity index (χ0v) is 10.3. The van der Waals surface area contributed by atoms with Crippen molar-refractivity contribution < 1.29 is 0 Å². The SMILES string of the molecule is Cc1c(C)c(C)c2c(c1C)CCNCC2. The normalized spacial score (nSPS) is 16.0. The van der Waals surface area contributed by atoms with Gasteiger partial charge in [-0.1, -0.05) is 0 Å². The molecule has 0 amide bonds. The number of hydrogen-bond acceptors (Lipinski definition) is 1. The topological polar surface area (TPSA) is 12.0 Å². The van der Waals surface area contributed by atoms with Crippen molar-refractivity contribution in [2.75, 3.05) is 13.1 Å². The van der Waals surface area contributed by atoms with Gasteiger partial charge in [-0.05, 0) is 87.0 Å². The van der Waals surface area contributed by atoms with Crippen molar-refractivity contribution in [2.24, 2.45) is 0 Å². The first-order chi connectivity index (χ1) is 7.13. The van der Waals surface area contributed by atoms with Crippen LogP contribution in [-0.4, -0.2) is 13.1 Å². The smallest absolute Gasteiger partial charge is 0.000802 e. The first-order valence-electron chi connectivity index (χ1n) is 5.91. The highest BCUT2D eigenvalue weighted by Gasteiger charge is 2.16. The van der Waals surface area contributed by atoms with Gasteiger partial charge in [0.25, 0.3) is 0 Å². The molecule has 0 saturated carbocycles. The molecule has 2 rings (SSSR count). The van der Waals surface area contributed by atoms with E-state index in [2.05, 4.69) is 33.0 Å². The van der Waals surface area contributed by atoms with Crippen molar-refractivity contribution in [3.05, 3.63) is 33.4 Å². The van der Waals surface area contributed by atoms with Gasteiger partial charge in [-0.25, -0.2) is 0 Å². The second-order valence-electron chi connectivity index (χ2n) is 4.71. The quantitative estimate of drug-likeness (QED) is 0.683. The molecule has 1 heterocycles. The minimum Gasteiger partial charge on any atom is -0.316 e. The predicted octanol–water partition coefficient (Wildman–Crippen LogP) is 2.61. The Morgan fingerprint density at radius 1 is 0.667 bits per heavy atom. The van der Waals surface area contributed by atoms with Gasteiger partial charge < -0.3 is 5.32 Å². The van der Waals surface area contributed by atoms with Crippen LogP contribution < -0.4 is 5.32 Å². The summed E-state index contributed by atoms with van der Waals surface area (Å²) >= 11 is 0. The summed E-state index contributed by atoms with van der Waals surface area (Å²) in [5, 5.41) is 3.49. The molecule has 0 atom stereocenters. The van der Waals surface area contributed by atoms with E-state index in [0.717, 1.165) is 13.1 Å². The van der Waals surface area contributed by atoms with Crippen LogP contribution in [0.1, 0.15) is 33.4 Å². The van der Waals surface area contributed by atoms with Crippen molar-refractivity contribution >= 4 is 0 Å². The summed E-state index contributed by atoms with van der Waals surface area (Å²) < 4.78 is 0. The van der Waals surface area contributed by atoms with Crippen LogP contribution in [0.2, 0.25) is 0 Å². The summed E-state index contributed by atoms with van der Waals surface area (Å²) in [6.07, 6.45) is 2.40. The third-order valence-corrected chi connectivity index (χ3v) is 4.06. The Balaban J connectivity index is 2.66. The first kappa shape index (κ1) is 10.7. The lowest BCUT2D eigenvalue weighted by Crippen LogP contribution is -2.16. The Kier molecular flexibility index (Phi) is 2.83. The van der Waals surface area contributed by atoms with E-state index in [0.29, 0.717) is 0 Å². The summed E-state index contributed by atoms with van der Waals surface area (Å²) in [7, 11) is 0. The molecular weight excluding hydrogens is 182 g/mol. The summed E-state index contributed by atoms with van der Waals surface area (Å²) in [5.41, 5.74) is 9.26. The number of nitrogens with one attached hydrogen (secondary N) is 1. The molecule has 15 heavy (non-hydrogen) atoms. The van der Waals surface area contributed by atoms with Crippen molar-refractivity contribution in [1.82, 2.24) is 5.32 Å². The maximum absolute atomic E-state index is 3.49. The Morgan fingerprint density at radius 2 is 1.07 bits per heavy atom. The molecule has 1 aliphatic rings. The average Bonchev–Trinajstić information content (AvgIpc) is 2.48. The Hall–Kier alpha value is -0.820. The highest BCUT2D eigenvalue weighted by Crippen LogP contribution is 2.28. The summed E-state index contributed by atoms with van der Waals surface area (Å²) in [5.74, 6) is 0. The van der Waals surface area contributed by atoms with Crippen molar-refractivity contribution in [1.29, 1.82) is 0 Å². The van der Waals surface area contributed by atoms with Gasteiger partial charge >= 0.3 is 0 Å². The fraction of sp³-hybridized carbons (Fsp3) is 0.571. The largest absolute Gasteiger partial charge is 0.316 e. The zero-order chi connectivity index (χ0) is 11.0. The standard InChI is InChI=1S/C14H21N/c1-9-10(2)12(4)14-6-8-15-7-5-13(14)11(9)3/h15H,5-8H2,1-4H3. The number of hydrogen-bond donors (Lipinski definition) is 1. The van der Waals surface area contributed by atoms with Crippen LogP contribution in [-0.2, 0) is 12.8 Å². The third-order valence-electron chi connectivity index (χ3n) is 4.06. The molecule has 0 unspecified atom stereocenters. The molecule has 0 aromatic heterocycles. The summed E-state index contributed by atoms with van der Waals surface area (Å²) in [6, 6.07) is 0. The Labute approximate surface area is 92.9 Å². The third kappa shape index (κ3) is 1.69. The molecule has 0 aliphatic carbocycles. The summed E-state index contributed by atoms with van der Waals surface area (Å²) in [6.45, 7) is 11.4. The van der Waals surface area contributed by atoms with Crippen molar-refractivity contribution in [3.63, 3.8) is 0 Å². The fourth-order valence-electron chi connectivity index (χ4n) is 2.70. The molecule has 1 nitrogen and oxygen atoms in total. The molecule has 1 aromatic rings. The van der Waals surface area contributed by atoms with Crippen molar-refractivity contribution in [2.45, 2.75) is 40.5 Å². The van der Waals surface area contributed by atoms with Crippen LogP contribution in [0.5, 0.6) is 0 Å². The maximum Gasteiger partial charge on any atom is -0.000802 e. The van der Waals surface area contributed by atoms with E-state index in [9.17, 15) is 0 Å². The number of benzene rings is 1. The van der Waals surface area contributed by atoms with Crippen LogP contribution in [0.15, 0.2) is 0 Å². The van der Waals surface area contributed by atoms with Gasteiger partial charge in [0.2, 0.25) is 0 Å². The Morgan fingerprint density at radius 3 is 1.47 bits per heavy atom. The highest BCUT2D eigenvalue weighted by atomic mass is 14.8. The monoisotopic (exact) mass is 203 g/mol. The Bertz CT molecular complexity index is 354. The van der Waals surface area contributed by atoms with Gasteiger partial charge in [-0.2, -0.15) is 0 Å². The van der Waals surface area contributed by atoms with E-state index in [1.165, 1.54) is 35.1 Å². The molecule has 0 saturated heterocycles. The predicted molar refractivity (Wildman–Crippen MR) is 65.7 cm³/mol. The minimum absolute atomic E-state index is 1.13. The van der Waals surface area contributed by atoms with Crippen LogP contribution >= 0.6 is 0 Å². The molecule has 0 spiro atoms. The van der Waals surface area contributed by atoms with Gasteiger partial charge in [0.15, 0.2) is 0 Å². The van der Waals surface area contributed by atoms with Gasteiger partial charge in [0.1, 0.15) is 0 Å².